The van der Waals surface area contributed by atoms with Crippen molar-refractivity contribution in [3.63, 3.8) is 0 Å². The van der Waals surface area contributed by atoms with Crippen molar-refractivity contribution in [2.75, 3.05) is 61.4 Å². The Hall–Kier alpha value is -4.03. The molecule has 0 bridgehead atoms. The number of pyridine rings is 2. The van der Waals surface area contributed by atoms with Gasteiger partial charge in [-0.3, -0.25) is 0 Å². The van der Waals surface area contributed by atoms with Gasteiger partial charge in [-0.15, -0.1) is 0 Å². The zero-order valence-corrected chi connectivity index (χ0v) is 28.2. The maximum atomic E-state index is 15.1. The van der Waals surface area contributed by atoms with Crippen molar-refractivity contribution in [3.05, 3.63) is 94.4 Å². The fraction of sp³-hybridized carbons (Fsp3) is 0.286. The smallest absolute Gasteiger partial charge is 0.343 e. The van der Waals surface area contributed by atoms with Crippen LogP contribution < -0.4 is 49.3 Å². The van der Waals surface area contributed by atoms with Crippen LogP contribution in [0.5, 0.6) is 0 Å². The van der Waals surface area contributed by atoms with Crippen LogP contribution in [0.3, 0.4) is 0 Å². The van der Waals surface area contributed by atoms with Gasteiger partial charge in [0.15, 0.2) is 0 Å². The lowest BCUT2D eigenvalue weighted by atomic mass is 10.1. The quantitative estimate of drug-likeness (QED) is 0.150. The van der Waals surface area contributed by atoms with E-state index in [0.717, 1.165) is 72.8 Å². The molecule has 0 saturated carbocycles. The first-order valence-corrected chi connectivity index (χ1v) is 15.1. The summed E-state index contributed by atoms with van der Waals surface area (Å²) in [5.74, 6) is 0.581. The minimum absolute atomic E-state index is 0. The minimum atomic E-state index is -0.394. The highest BCUT2D eigenvalue weighted by molar-refractivity contribution is 5.84. The summed E-state index contributed by atoms with van der Waals surface area (Å²) in [5.41, 5.74) is 4.43. The molecule has 1 saturated heterocycles. The molecule has 6 rings (SSSR count). The molecule has 5 aromatic rings. The molecular formula is C35H38FIN6O2. The number of aryl methyl sites for hydroxylation is 1. The summed E-state index contributed by atoms with van der Waals surface area (Å²) in [5, 5.41) is 4.83. The predicted octanol–water partition coefficient (Wildman–Crippen LogP) is 2.82. The third-order valence-corrected chi connectivity index (χ3v) is 8.46. The number of halogens is 2. The van der Waals surface area contributed by atoms with E-state index in [1.54, 1.807) is 18.3 Å². The second-order valence-electron chi connectivity index (χ2n) is 11.2. The molecule has 0 spiro atoms. The Balaban J connectivity index is 0.00000400. The molecule has 3 aromatic heterocycles. The topological polar surface area (TPSA) is 68.7 Å². The van der Waals surface area contributed by atoms with Gasteiger partial charge in [0.2, 0.25) is 11.2 Å². The van der Waals surface area contributed by atoms with Crippen LogP contribution >= 0.6 is 0 Å². The number of fused-ring (bicyclic) bond motifs is 2. The maximum Gasteiger partial charge on any atom is 0.343 e. The summed E-state index contributed by atoms with van der Waals surface area (Å²) >= 11 is 0. The molecule has 234 valence electrons. The number of rotatable bonds is 8. The number of nitrogens with one attached hydrogen (secondary N) is 1. The van der Waals surface area contributed by atoms with Crippen molar-refractivity contribution in [2.45, 2.75) is 13.8 Å². The standard InChI is InChI=1S/C35H37FN6O2.HI/c1-5-41(6-2)29-13-8-25-19-26(35(43)44-33(25)21-29)9-12-28-11-7-24-20-30(36)31(22-32(24)40(28)4)38-27-10-14-34(37-23-27)42-17-15-39(3)16-18-42;/h7-14,19-23H,5-6,15-18H2,1-4H3;1H/b12-9+;. The number of hydrogen-bond donors (Lipinski definition) is 1. The molecule has 0 unspecified atom stereocenters. The summed E-state index contributed by atoms with van der Waals surface area (Å²) in [6, 6.07) is 18.8. The van der Waals surface area contributed by atoms with Gasteiger partial charge in [0.05, 0.1) is 23.1 Å². The highest BCUT2D eigenvalue weighted by atomic mass is 127. The van der Waals surface area contributed by atoms with Crippen molar-refractivity contribution >= 4 is 56.9 Å². The fourth-order valence-electron chi connectivity index (χ4n) is 5.72. The van der Waals surface area contributed by atoms with Crippen molar-refractivity contribution in [1.82, 2.24) is 9.88 Å². The van der Waals surface area contributed by atoms with Crippen LogP contribution in [0.2, 0.25) is 0 Å². The Morgan fingerprint density at radius 1 is 0.978 bits per heavy atom. The van der Waals surface area contributed by atoms with Crippen molar-refractivity contribution in [2.24, 2.45) is 7.05 Å². The predicted molar refractivity (Wildman–Crippen MR) is 177 cm³/mol. The van der Waals surface area contributed by atoms with E-state index in [1.807, 2.05) is 60.2 Å². The van der Waals surface area contributed by atoms with E-state index in [0.29, 0.717) is 22.5 Å². The number of aromatic nitrogens is 2. The zero-order valence-electron chi connectivity index (χ0n) is 26.1. The Bertz CT molecular complexity index is 1900. The molecule has 2 aromatic carbocycles. The van der Waals surface area contributed by atoms with E-state index >= 15 is 4.39 Å². The average Bonchev–Trinajstić information content (AvgIpc) is 3.03. The molecule has 45 heavy (non-hydrogen) atoms. The van der Waals surface area contributed by atoms with Gasteiger partial charge in [0.25, 0.3) is 0 Å². The van der Waals surface area contributed by atoms with Gasteiger partial charge in [0.1, 0.15) is 24.3 Å². The molecule has 4 heterocycles. The van der Waals surface area contributed by atoms with Crippen LogP contribution in [0.25, 0.3) is 34.0 Å². The second kappa shape index (κ2) is 13.9. The summed E-state index contributed by atoms with van der Waals surface area (Å²) in [6.07, 6.45) is 5.39. The van der Waals surface area contributed by atoms with Gasteiger partial charge in [0, 0.05) is 80.0 Å². The van der Waals surface area contributed by atoms with Gasteiger partial charge in [-0.05, 0) is 69.4 Å². The minimum Gasteiger partial charge on any atom is -1.00 e. The largest absolute Gasteiger partial charge is 1.00 e. The Kier molecular flexibility index (Phi) is 10.0. The van der Waals surface area contributed by atoms with E-state index < -0.39 is 5.63 Å². The molecule has 0 aliphatic carbocycles. The summed E-state index contributed by atoms with van der Waals surface area (Å²) in [4.78, 5) is 24.3. The molecule has 10 heteroatoms. The average molecular weight is 721 g/mol. The summed E-state index contributed by atoms with van der Waals surface area (Å²) < 4.78 is 22.8. The highest BCUT2D eigenvalue weighted by Crippen LogP contribution is 2.26. The molecule has 0 radical (unpaired) electrons. The molecule has 1 fully saturated rings. The van der Waals surface area contributed by atoms with E-state index in [1.165, 1.54) is 6.07 Å². The van der Waals surface area contributed by atoms with Crippen LogP contribution in [0.15, 0.2) is 76.1 Å². The van der Waals surface area contributed by atoms with E-state index in [2.05, 4.69) is 52.0 Å². The third-order valence-electron chi connectivity index (χ3n) is 8.46. The lowest BCUT2D eigenvalue weighted by molar-refractivity contribution is -0.646. The zero-order chi connectivity index (χ0) is 30.8. The summed E-state index contributed by atoms with van der Waals surface area (Å²) in [6.45, 7) is 9.84. The van der Waals surface area contributed by atoms with Crippen LogP contribution in [-0.4, -0.2) is 56.2 Å². The SMILES string of the molecule is CCN(CC)c1ccc2cc(/C=C/c3ccc4cc(F)c(Nc5ccc(N6CCN(C)CC6)nc5)cc4[n+]3C)c(=O)oc2c1.[I-]. The molecule has 1 N–H and O–H groups in total. The van der Waals surface area contributed by atoms with Crippen LogP contribution in [-0.2, 0) is 7.05 Å². The molecule has 1 aliphatic heterocycles. The molecule has 0 atom stereocenters. The van der Waals surface area contributed by atoms with Crippen LogP contribution in [0.4, 0.5) is 27.3 Å². The van der Waals surface area contributed by atoms with Crippen molar-refractivity contribution < 1.29 is 37.4 Å². The van der Waals surface area contributed by atoms with Crippen LogP contribution in [0.1, 0.15) is 25.1 Å². The number of anilines is 4. The number of hydrogen-bond acceptors (Lipinski definition) is 7. The Morgan fingerprint density at radius 2 is 1.73 bits per heavy atom. The second-order valence-corrected chi connectivity index (χ2v) is 11.2. The first-order valence-electron chi connectivity index (χ1n) is 15.1. The third kappa shape index (κ3) is 6.96. The number of nitrogens with zero attached hydrogens (tertiary/aromatic N) is 5. The number of benzene rings is 2. The molecule has 8 nitrogen and oxygen atoms in total. The number of likely N-dealkylation sites (N-methyl/N-ethyl adjacent to an activating group) is 1. The first kappa shape index (κ1) is 32.4. The van der Waals surface area contributed by atoms with Gasteiger partial charge in [-0.1, -0.05) is 0 Å². The van der Waals surface area contributed by atoms with E-state index in [9.17, 15) is 4.79 Å². The van der Waals surface area contributed by atoms with E-state index in [4.69, 9.17) is 4.42 Å². The van der Waals surface area contributed by atoms with Gasteiger partial charge < -0.3 is 48.4 Å². The Morgan fingerprint density at radius 3 is 2.44 bits per heavy atom. The van der Waals surface area contributed by atoms with Gasteiger partial charge in [-0.2, -0.15) is 4.57 Å². The van der Waals surface area contributed by atoms with Gasteiger partial charge in [-0.25, -0.2) is 14.2 Å². The summed E-state index contributed by atoms with van der Waals surface area (Å²) in [7, 11) is 4.05. The van der Waals surface area contributed by atoms with Crippen molar-refractivity contribution in [3.8, 4) is 0 Å². The molecule has 1 aliphatic rings. The fourth-order valence-corrected chi connectivity index (χ4v) is 5.72. The van der Waals surface area contributed by atoms with Gasteiger partial charge >= 0.3 is 5.63 Å². The van der Waals surface area contributed by atoms with Crippen molar-refractivity contribution in [1.29, 1.82) is 0 Å². The monoisotopic (exact) mass is 720 g/mol. The van der Waals surface area contributed by atoms with E-state index in [-0.39, 0.29) is 29.8 Å². The Labute approximate surface area is 279 Å². The van der Waals surface area contributed by atoms with Crippen LogP contribution in [0, 0.1) is 5.82 Å². The first-order chi connectivity index (χ1) is 21.3. The molecular weight excluding hydrogens is 682 g/mol. The maximum absolute atomic E-state index is 15.1. The number of piperazine rings is 1. The lowest BCUT2D eigenvalue weighted by Gasteiger charge is -2.33. The molecule has 0 amide bonds. The highest BCUT2D eigenvalue weighted by Gasteiger charge is 2.17. The normalized spacial score (nSPS) is 13.8. The lowest BCUT2D eigenvalue weighted by Crippen LogP contribution is -3.00.